The summed E-state index contributed by atoms with van der Waals surface area (Å²) in [5, 5.41) is 2.80. The fourth-order valence-corrected chi connectivity index (χ4v) is 1.86. The van der Waals surface area contributed by atoms with Crippen molar-refractivity contribution >= 4 is 5.91 Å². The molecule has 0 unspecified atom stereocenters. The normalized spacial score (nSPS) is 11.2. The predicted molar refractivity (Wildman–Crippen MR) is 69.9 cm³/mol. The lowest BCUT2D eigenvalue weighted by Gasteiger charge is -2.29. The molecule has 17 heavy (non-hydrogen) atoms. The van der Waals surface area contributed by atoms with E-state index in [-0.39, 0.29) is 5.91 Å². The molecular formula is C12H27N3O2. The molecule has 0 aliphatic carbocycles. The summed E-state index contributed by atoms with van der Waals surface area (Å²) >= 11 is 0. The monoisotopic (exact) mass is 245 g/mol. The van der Waals surface area contributed by atoms with Gasteiger partial charge in [0.05, 0.1) is 13.2 Å². The van der Waals surface area contributed by atoms with Crippen molar-refractivity contribution < 1.29 is 9.53 Å². The Bertz CT molecular complexity index is 196. The van der Waals surface area contributed by atoms with E-state index in [0.29, 0.717) is 32.3 Å². The van der Waals surface area contributed by atoms with Crippen molar-refractivity contribution in [1.82, 2.24) is 10.2 Å². The summed E-state index contributed by atoms with van der Waals surface area (Å²) in [5.74, 6) is 0.0402. The predicted octanol–water partition coefficient (Wildman–Crippen LogP) is 0.198. The lowest BCUT2D eigenvalue weighted by atomic mass is 10.1. The van der Waals surface area contributed by atoms with Crippen LogP contribution in [0.3, 0.4) is 0 Å². The van der Waals surface area contributed by atoms with Crippen molar-refractivity contribution in [2.75, 3.05) is 39.9 Å². The zero-order valence-electron chi connectivity index (χ0n) is 11.4. The van der Waals surface area contributed by atoms with E-state index in [1.807, 2.05) is 0 Å². The van der Waals surface area contributed by atoms with Crippen LogP contribution in [0.1, 0.15) is 26.7 Å². The Morgan fingerprint density at radius 2 is 2.06 bits per heavy atom. The summed E-state index contributed by atoms with van der Waals surface area (Å²) in [6, 6.07) is 0.439. The smallest absolute Gasteiger partial charge is 0.234 e. The summed E-state index contributed by atoms with van der Waals surface area (Å²) in [6.45, 7) is 7.18. The maximum atomic E-state index is 11.7. The van der Waals surface area contributed by atoms with E-state index in [1.165, 1.54) is 0 Å². The average Bonchev–Trinajstić information content (AvgIpc) is 2.34. The van der Waals surface area contributed by atoms with Gasteiger partial charge in [0.1, 0.15) is 0 Å². The highest BCUT2D eigenvalue weighted by Crippen LogP contribution is 2.07. The first kappa shape index (κ1) is 16.4. The molecule has 0 aromatic rings. The van der Waals surface area contributed by atoms with Crippen LogP contribution >= 0.6 is 0 Å². The molecule has 5 heteroatoms. The van der Waals surface area contributed by atoms with Gasteiger partial charge in [-0.25, -0.2) is 0 Å². The quantitative estimate of drug-likeness (QED) is 0.577. The van der Waals surface area contributed by atoms with Gasteiger partial charge in [-0.2, -0.15) is 0 Å². The molecular weight excluding hydrogens is 218 g/mol. The highest BCUT2D eigenvalue weighted by atomic mass is 16.5. The molecule has 0 atom stereocenters. The molecule has 0 aromatic carbocycles. The van der Waals surface area contributed by atoms with Gasteiger partial charge in [0.2, 0.25) is 5.91 Å². The molecule has 3 N–H and O–H groups in total. The lowest BCUT2D eigenvalue weighted by molar-refractivity contribution is -0.123. The number of hydrogen-bond donors (Lipinski definition) is 2. The molecule has 0 aliphatic heterocycles. The molecule has 0 rings (SSSR count). The van der Waals surface area contributed by atoms with Gasteiger partial charge in [-0.05, 0) is 12.8 Å². The molecule has 0 spiro atoms. The van der Waals surface area contributed by atoms with Gasteiger partial charge in [-0.1, -0.05) is 13.8 Å². The van der Waals surface area contributed by atoms with Crippen LogP contribution in [0.25, 0.3) is 0 Å². The van der Waals surface area contributed by atoms with Crippen LogP contribution in [0.2, 0.25) is 0 Å². The van der Waals surface area contributed by atoms with Crippen LogP contribution in [0.5, 0.6) is 0 Å². The van der Waals surface area contributed by atoms with Crippen LogP contribution in [0, 0.1) is 0 Å². The Kier molecular flexibility index (Phi) is 10.1. The number of ether oxygens (including phenoxy) is 1. The standard InChI is InChI=1S/C12H27N3O2/c1-4-11(5-2)15(8-9-17-3)10-12(16)14-7-6-13/h11H,4-10,13H2,1-3H3,(H,14,16). The third-order valence-electron chi connectivity index (χ3n) is 2.85. The van der Waals surface area contributed by atoms with Crippen LogP contribution in [0.4, 0.5) is 0 Å². The van der Waals surface area contributed by atoms with Crippen molar-refractivity contribution in [2.24, 2.45) is 5.73 Å². The number of amides is 1. The second-order valence-electron chi connectivity index (χ2n) is 4.07. The second kappa shape index (κ2) is 10.5. The number of rotatable bonds is 10. The topological polar surface area (TPSA) is 67.6 Å². The maximum absolute atomic E-state index is 11.7. The van der Waals surface area contributed by atoms with E-state index >= 15 is 0 Å². The summed E-state index contributed by atoms with van der Waals surface area (Å²) < 4.78 is 5.08. The van der Waals surface area contributed by atoms with E-state index in [0.717, 1.165) is 19.4 Å². The Hall–Kier alpha value is -0.650. The number of hydrogen-bond acceptors (Lipinski definition) is 4. The van der Waals surface area contributed by atoms with Gasteiger partial charge in [0, 0.05) is 32.8 Å². The number of nitrogens with two attached hydrogens (primary N) is 1. The minimum atomic E-state index is 0.0402. The number of carbonyl (C=O) groups is 1. The third kappa shape index (κ3) is 7.31. The second-order valence-corrected chi connectivity index (χ2v) is 4.07. The van der Waals surface area contributed by atoms with Gasteiger partial charge in [-0.3, -0.25) is 9.69 Å². The Morgan fingerprint density at radius 1 is 1.41 bits per heavy atom. The molecule has 0 aromatic heterocycles. The molecule has 0 radical (unpaired) electrons. The Balaban J connectivity index is 4.20. The van der Waals surface area contributed by atoms with Gasteiger partial charge < -0.3 is 15.8 Å². The van der Waals surface area contributed by atoms with Gasteiger partial charge in [0.25, 0.3) is 0 Å². The first-order valence-electron chi connectivity index (χ1n) is 6.39. The summed E-state index contributed by atoms with van der Waals surface area (Å²) in [5.41, 5.74) is 5.35. The fraction of sp³-hybridized carbons (Fsp3) is 0.917. The minimum absolute atomic E-state index is 0.0402. The molecule has 102 valence electrons. The Labute approximate surface area is 105 Å². The largest absolute Gasteiger partial charge is 0.383 e. The highest BCUT2D eigenvalue weighted by molar-refractivity contribution is 5.78. The third-order valence-corrected chi connectivity index (χ3v) is 2.85. The zero-order valence-corrected chi connectivity index (χ0v) is 11.4. The molecule has 0 heterocycles. The van der Waals surface area contributed by atoms with E-state index in [2.05, 4.69) is 24.1 Å². The van der Waals surface area contributed by atoms with E-state index < -0.39 is 0 Å². The number of nitrogens with one attached hydrogen (secondary N) is 1. The first-order valence-corrected chi connectivity index (χ1v) is 6.39. The van der Waals surface area contributed by atoms with Crippen molar-refractivity contribution in [2.45, 2.75) is 32.7 Å². The van der Waals surface area contributed by atoms with Gasteiger partial charge in [0.15, 0.2) is 0 Å². The SMILES string of the molecule is CCC(CC)N(CCOC)CC(=O)NCCN. The summed E-state index contributed by atoms with van der Waals surface area (Å²) in [6.07, 6.45) is 2.09. The fourth-order valence-electron chi connectivity index (χ4n) is 1.86. The van der Waals surface area contributed by atoms with Crippen molar-refractivity contribution in [1.29, 1.82) is 0 Å². The molecule has 0 bridgehead atoms. The van der Waals surface area contributed by atoms with Gasteiger partial charge >= 0.3 is 0 Å². The number of methoxy groups -OCH3 is 1. The molecule has 1 amide bonds. The first-order chi connectivity index (χ1) is 8.19. The van der Waals surface area contributed by atoms with Crippen LogP contribution in [0.15, 0.2) is 0 Å². The molecule has 5 nitrogen and oxygen atoms in total. The Morgan fingerprint density at radius 3 is 2.53 bits per heavy atom. The minimum Gasteiger partial charge on any atom is -0.383 e. The maximum Gasteiger partial charge on any atom is 0.234 e. The van der Waals surface area contributed by atoms with Crippen LogP contribution < -0.4 is 11.1 Å². The summed E-state index contributed by atoms with van der Waals surface area (Å²) in [4.78, 5) is 13.8. The molecule has 0 fully saturated rings. The van der Waals surface area contributed by atoms with E-state index in [1.54, 1.807) is 7.11 Å². The number of nitrogens with zero attached hydrogens (tertiary/aromatic N) is 1. The number of carbonyl (C=O) groups excluding carboxylic acids is 1. The molecule has 0 saturated carbocycles. The molecule has 0 saturated heterocycles. The highest BCUT2D eigenvalue weighted by Gasteiger charge is 2.17. The van der Waals surface area contributed by atoms with Crippen molar-refractivity contribution in [3.05, 3.63) is 0 Å². The van der Waals surface area contributed by atoms with Gasteiger partial charge in [-0.15, -0.1) is 0 Å². The summed E-state index contributed by atoms with van der Waals surface area (Å²) in [7, 11) is 1.68. The van der Waals surface area contributed by atoms with Crippen molar-refractivity contribution in [3.8, 4) is 0 Å². The average molecular weight is 245 g/mol. The lowest BCUT2D eigenvalue weighted by Crippen LogP contribution is -2.44. The zero-order chi connectivity index (χ0) is 13.1. The van der Waals surface area contributed by atoms with E-state index in [9.17, 15) is 4.79 Å². The van der Waals surface area contributed by atoms with Crippen LogP contribution in [-0.4, -0.2) is 56.7 Å². The van der Waals surface area contributed by atoms with Crippen molar-refractivity contribution in [3.63, 3.8) is 0 Å². The van der Waals surface area contributed by atoms with Crippen LogP contribution in [-0.2, 0) is 9.53 Å². The van der Waals surface area contributed by atoms with E-state index in [4.69, 9.17) is 10.5 Å². The molecule has 0 aliphatic rings.